The van der Waals surface area contributed by atoms with Crippen LogP contribution in [0.15, 0.2) is 16.7 Å². The predicted molar refractivity (Wildman–Crippen MR) is 47.5 cm³/mol. The molecule has 13 heavy (non-hydrogen) atoms. The highest BCUT2D eigenvalue weighted by atomic mass is 16.3. The average Bonchev–Trinajstić information content (AvgIpc) is 2.85. The Morgan fingerprint density at radius 1 is 1.46 bits per heavy atom. The third-order valence-corrected chi connectivity index (χ3v) is 2.59. The molecule has 1 aliphatic carbocycles. The first-order valence-electron chi connectivity index (χ1n) is 4.49. The average molecular weight is 178 g/mol. The number of amides is 1. The molecule has 1 amide bonds. The Bertz CT molecular complexity index is 354. The summed E-state index contributed by atoms with van der Waals surface area (Å²) in [6.45, 7) is 0. The quantitative estimate of drug-likeness (QED) is 0.683. The number of carbonyl (C=O) groups excluding carboxylic acids is 1. The molecule has 0 aromatic carbocycles. The van der Waals surface area contributed by atoms with Crippen LogP contribution in [0.2, 0.25) is 0 Å². The molecular weight excluding hydrogens is 168 g/mol. The second-order valence-electron chi connectivity index (χ2n) is 3.61. The Hall–Kier alpha value is -1.45. The normalized spacial score (nSPS) is 26.2. The van der Waals surface area contributed by atoms with Gasteiger partial charge in [-0.1, -0.05) is 0 Å². The molecule has 2 N–H and O–H groups in total. The number of fused-ring (bicyclic) bond motifs is 1. The van der Waals surface area contributed by atoms with E-state index in [0.29, 0.717) is 11.8 Å². The van der Waals surface area contributed by atoms with Crippen molar-refractivity contribution in [3.8, 4) is 0 Å². The minimum Gasteiger partial charge on any atom is -0.447 e. The van der Waals surface area contributed by atoms with Crippen molar-refractivity contribution in [1.29, 1.82) is 0 Å². The lowest BCUT2D eigenvalue weighted by atomic mass is 10.1. The zero-order valence-corrected chi connectivity index (χ0v) is 7.04. The first kappa shape index (κ1) is 7.00. The first-order valence-corrected chi connectivity index (χ1v) is 4.49. The van der Waals surface area contributed by atoms with E-state index in [1.165, 1.54) is 0 Å². The summed E-state index contributed by atoms with van der Waals surface area (Å²) in [7, 11) is 0. The molecule has 0 radical (unpaired) electrons. The molecular formula is C9H10N2O2. The number of nitrogens with one attached hydrogen (secondary N) is 2. The molecule has 3 rings (SSSR count). The minimum atomic E-state index is -0.0846. The Morgan fingerprint density at radius 3 is 3.08 bits per heavy atom. The van der Waals surface area contributed by atoms with Crippen LogP contribution in [0.3, 0.4) is 0 Å². The number of anilines is 2. The Labute approximate surface area is 75.3 Å². The lowest BCUT2D eigenvalue weighted by molar-refractivity contribution is -0.117. The van der Waals surface area contributed by atoms with Crippen LogP contribution in [0, 0.1) is 5.92 Å². The van der Waals surface area contributed by atoms with Crippen LogP contribution < -0.4 is 10.6 Å². The van der Waals surface area contributed by atoms with Gasteiger partial charge in [0.05, 0.1) is 6.26 Å². The lowest BCUT2D eigenvalue weighted by Crippen LogP contribution is -2.39. The SMILES string of the molecule is O=C1Nc2ccoc2NC1C1CC1. The van der Waals surface area contributed by atoms with Gasteiger partial charge >= 0.3 is 0 Å². The van der Waals surface area contributed by atoms with E-state index in [1.54, 1.807) is 12.3 Å². The van der Waals surface area contributed by atoms with E-state index in [1.807, 2.05) is 0 Å². The smallest absolute Gasteiger partial charge is 0.247 e. The van der Waals surface area contributed by atoms with Gasteiger partial charge in [-0.05, 0) is 18.8 Å². The van der Waals surface area contributed by atoms with Gasteiger partial charge in [0.2, 0.25) is 11.8 Å². The first-order chi connectivity index (χ1) is 6.34. The maximum atomic E-state index is 11.5. The molecule has 2 aliphatic rings. The minimum absolute atomic E-state index is 0.0661. The van der Waals surface area contributed by atoms with Gasteiger partial charge in [-0.2, -0.15) is 0 Å². The summed E-state index contributed by atoms with van der Waals surface area (Å²) < 4.78 is 5.19. The van der Waals surface area contributed by atoms with Crippen molar-refractivity contribution < 1.29 is 9.21 Å². The highest BCUT2D eigenvalue weighted by Crippen LogP contribution is 2.38. The molecule has 1 saturated carbocycles. The van der Waals surface area contributed by atoms with Crippen molar-refractivity contribution in [2.24, 2.45) is 5.92 Å². The van der Waals surface area contributed by atoms with Gasteiger partial charge in [0, 0.05) is 6.07 Å². The van der Waals surface area contributed by atoms with Crippen LogP contribution in [-0.2, 0) is 4.79 Å². The maximum absolute atomic E-state index is 11.5. The van der Waals surface area contributed by atoms with Crippen LogP contribution in [0.1, 0.15) is 12.8 Å². The van der Waals surface area contributed by atoms with Crippen LogP contribution in [-0.4, -0.2) is 11.9 Å². The number of furan rings is 1. The standard InChI is InChI=1S/C9H10N2O2/c12-8-7(5-1-2-5)11-9-6(10-8)3-4-13-9/h3-5,7,11H,1-2H2,(H,10,12). The van der Waals surface area contributed by atoms with E-state index in [-0.39, 0.29) is 11.9 Å². The number of hydrogen-bond donors (Lipinski definition) is 2. The van der Waals surface area contributed by atoms with Gasteiger partial charge in [0.15, 0.2) is 0 Å². The van der Waals surface area contributed by atoms with Crippen LogP contribution >= 0.6 is 0 Å². The lowest BCUT2D eigenvalue weighted by Gasteiger charge is -2.22. The van der Waals surface area contributed by atoms with Crippen molar-refractivity contribution in [2.45, 2.75) is 18.9 Å². The van der Waals surface area contributed by atoms with Crippen LogP contribution in [0.25, 0.3) is 0 Å². The van der Waals surface area contributed by atoms with E-state index < -0.39 is 0 Å². The fraction of sp³-hybridized carbons (Fsp3) is 0.444. The molecule has 1 unspecified atom stereocenters. The molecule has 1 aromatic rings. The fourth-order valence-electron chi connectivity index (χ4n) is 1.70. The summed E-state index contributed by atoms with van der Waals surface area (Å²) in [4.78, 5) is 11.5. The Morgan fingerprint density at radius 2 is 2.31 bits per heavy atom. The van der Waals surface area contributed by atoms with Gasteiger partial charge in [-0.3, -0.25) is 4.79 Å². The highest BCUT2D eigenvalue weighted by molar-refractivity contribution is 6.02. The van der Waals surface area contributed by atoms with E-state index in [0.717, 1.165) is 18.5 Å². The summed E-state index contributed by atoms with van der Waals surface area (Å²) in [5, 5.41) is 5.93. The van der Waals surface area contributed by atoms with E-state index in [2.05, 4.69) is 10.6 Å². The highest BCUT2D eigenvalue weighted by Gasteiger charge is 2.39. The molecule has 1 fully saturated rings. The zero-order valence-electron chi connectivity index (χ0n) is 7.04. The molecule has 4 heteroatoms. The fourth-order valence-corrected chi connectivity index (χ4v) is 1.70. The van der Waals surface area contributed by atoms with Crippen molar-refractivity contribution in [2.75, 3.05) is 10.6 Å². The molecule has 1 atom stereocenters. The maximum Gasteiger partial charge on any atom is 0.247 e. The predicted octanol–water partition coefficient (Wildman–Crippen LogP) is 1.42. The van der Waals surface area contributed by atoms with Gasteiger partial charge in [0.25, 0.3) is 0 Å². The molecule has 1 aliphatic heterocycles. The molecule has 68 valence electrons. The van der Waals surface area contributed by atoms with Gasteiger partial charge in [-0.15, -0.1) is 0 Å². The number of rotatable bonds is 1. The van der Waals surface area contributed by atoms with E-state index in [4.69, 9.17) is 4.42 Å². The summed E-state index contributed by atoms with van der Waals surface area (Å²) in [6.07, 6.45) is 3.86. The Kier molecular flexibility index (Phi) is 1.23. The third-order valence-electron chi connectivity index (χ3n) is 2.59. The summed E-state index contributed by atoms with van der Waals surface area (Å²) in [6, 6.07) is 1.67. The van der Waals surface area contributed by atoms with E-state index >= 15 is 0 Å². The molecule has 0 bridgehead atoms. The van der Waals surface area contributed by atoms with Gasteiger partial charge in [0.1, 0.15) is 11.7 Å². The van der Waals surface area contributed by atoms with Crippen LogP contribution in [0.5, 0.6) is 0 Å². The summed E-state index contributed by atoms with van der Waals surface area (Å²) >= 11 is 0. The second kappa shape index (κ2) is 2.28. The largest absolute Gasteiger partial charge is 0.447 e. The summed E-state index contributed by atoms with van der Waals surface area (Å²) in [5.74, 6) is 1.26. The van der Waals surface area contributed by atoms with Gasteiger partial charge < -0.3 is 15.1 Å². The molecule has 4 nitrogen and oxygen atoms in total. The summed E-state index contributed by atoms with van der Waals surface area (Å²) in [5.41, 5.74) is 0.752. The molecule has 1 aromatic heterocycles. The van der Waals surface area contributed by atoms with Crippen LogP contribution in [0.4, 0.5) is 11.6 Å². The molecule has 2 heterocycles. The molecule has 0 spiro atoms. The van der Waals surface area contributed by atoms with E-state index in [9.17, 15) is 4.79 Å². The van der Waals surface area contributed by atoms with Crippen molar-refractivity contribution in [3.05, 3.63) is 12.3 Å². The second-order valence-corrected chi connectivity index (χ2v) is 3.61. The van der Waals surface area contributed by atoms with Crippen molar-refractivity contribution in [1.82, 2.24) is 0 Å². The Balaban J connectivity index is 1.92. The molecule has 0 saturated heterocycles. The van der Waals surface area contributed by atoms with Crippen molar-refractivity contribution >= 4 is 17.5 Å². The zero-order chi connectivity index (χ0) is 8.84. The van der Waals surface area contributed by atoms with Crippen molar-refractivity contribution in [3.63, 3.8) is 0 Å². The monoisotopic (exact) mass is 178 g/mol. The third kappa shape index (κ3) is 1.02. The number of hydrogen-bond acceptors (Lipinski definition) is 3. The number of carbonyl (C=O) groups is 1. The van der Waals surface area contributed by atoms with Gasteiger partial charge in [-0.25, -0.2) is 0 Å². The topological polar surface area (TPSA) is 54.3 Å².